The van der Waals surface area contributed by atoms with E-state index in [1.807, 2.05) is 0 Å². The molecule has 3 N–H and O–H groups in total. The molecular formula is C16H13F4NO3. The van der Waals surface area contributed by atoms with Crippen molar-refractivity contribution >= 4 is 11.7 Å². The summed E-state index contributed by atoms with van der Waals surface area (Å²) in [4.78, 5) is 10.9. The number of carbonyl (C=O) groups is 1. The van der Waals surface area contributed by atoms with Gasteiger partial charge < -0.3 is 15.5 Å². The van der Waals surface area contributed by atoms with Crippen LogP contribution in [0.2, 0.25) is 0 Å². The maximum Gasteiger partial charge on any atom is 0.419 e. The number of alkyl halides is 3. The van der Waals surface area contributed by atoms with Crippen molar-refractivity contribution in [2.24, 2.45) is 0 Å². The molecule has 0 saturated heterocycles. The van der Waals surface area contributed by atoms with Crippen LogP contribution in [0.25, 0.3) is 0 Å². The topological polar surface area (TPSA) is 69.6 Å². The summed E-state index contributed by atoms with van der Waals surface area (Å²) in [6.07, 6.45) is -4.50. The number of hydrogen-bond donors (Lipinski definition) is 3. The maximum absolute atomic E-state index is 13.4. The van der Waals surface area contributed by atoms with Gasteiger partial charge in [0.2, 0.25) is 0 Å². The minimum Gasteiger partial charge on any atom is -0.507 e. The normalized spacial score (nSPS) is 11.3. The summed E-state index contributed by atoms with van der Waals surface area (Å²) in [7, 11) is 0. The minimum absolute atomic E-state index is 0.234. The lowest BCUT2D eigenvalue weighted by Crippen LogP contribution is -2.10. The van der Waals surface area contributed by atoms with E-state index in [0.29, 0.717) is 17.3 Å². The number of carboxylic acid groups (broad SMARTS) is 1. The van der Waals surface area contributed by atoms with Gasteiger partial charge in [0.15, 0.2) is 0 Å². The molecule has 0 fully saturated rings. The van der Waals surface area contributed by atoms with Gasteiger partial charge in [-0.1, -0.05) is 6.07 Å². The molecule has 0 amide bonds. The molecule has 0 aliphatic rings. The number of halogens is 4. The zero-order valence-corrected chi connectivity index (χ0v) is 12.2. The van der Waals surface area contributed by atoms with Crippen LogP contribution in [-0.2, 0) is 12.6 Å². The Balaban J connectivity index is 2.01. The van der Waals surface area contributed by atoms with E-state index >= 15 is 0 Å². The molecule has 2 aromatic carbocycles. The predicted octanol–water partition coefficient (Wildman–Crippen LogP) is 3.90. The van der Waals surface area contributed by atoms with Crippen molar-refractivity contribution in [3.8, 4) is 5.75 Å². The number of anilines is 1. The number of phenols is 1. The second kappa shape index (κ2) is 6.77. The molecule has 8 heteroatoms. The maximum atomic E-state index is 13.4. The molecule has 0 unspecified atom stereocenters. The van der Waals surface area contributed by atoms with Crippen molar-refractivity contribution in [1.29, 1.82) is 0 Å². The lowest BCUT2D eigenvalue weighted by Gasteiger charge is -2.11. The van der Waals surface area contributed by atoms with E-state index in [-0.39, 0.29) is 24.3 Å². The van der Waals surface area contributed by atoms with Crippen molar-refractivity contribution in [3.05, 3.63) is 58.9 Å². The highest BCUT2D eigenvalue weighted by Gasteiger charge is 2.33. The molecule has 0 heterocycles. The van der Waals surface area contributed by atoms with Gasteiger partial charge in [0.1, 0.15) is 17.1 Å². The van der Waals surface area contributed by atoms with Gasteiger partial charge >= 0.3 is 12.1 Å². The Labute approximate surface area is 134 Å². The molecule has 0 bridgehead atoms. The van der Waals surface area contributed by atoms with Crippen molar-refractivity contribution in [3.63, 3.8) is 0 Å². The summed E-state index contributed by atoms with van der Waals surface area (Å²) >= 11 is 0. The molecule has 2 aromatic rings. The van der Waals surface area contributed by atoms with Crippen molar-refractivity contribution in [2.45, 2.75) is 12.6 Å². The highest BCUT2D eigenvalue weighted by Crippen LogP contribution is 2.31. The van der Waals surface area contributed by atoms with Crippen molar-refractivity contribution in [2.75, 3.05) is 11.9 Å². The Morgan fingerprint density at radius 3 is 2.42 bits per heavy atom. The number of benzene rings is 2. The Kier molecular flexibility index (Phi) is 4.96. The van der Waals surface area contributed by atoms with Gasteiger partial charge in [-0.15, -0.1) is 0 Å². The lowest BCUT2D eigenvalue weighted by atomic mass is 10.1. The zero-order valence-electron chi connectivity index (χ0n) is 12.2. The van der Waals surface area contributed by atoms with Crippen LogP contribution in [0.5, 0.6) is 5.75 Å². The van der Waals surface area contributed by atoms with Crippen molar-refractivity contribution < 1.29 is 32.6 Å². The van der Waals surface area contributed by atoms with Gasteiger partial charge in [-0.25, -0.2) is 9.18 Å². The third-order valence-corrected chi connectivity index (χ3v) is 3.31. The highest BCUT2D eigenvalue weighted by molar-refractivity contribution is 5.91. The van der Waals surface area contributed by atoms with Crippen LogP contribution in [0.1, 0.15) is 21.5 Å². The first kappa shape index (κ1) is 17.6. The molecule has 128 valence electrons. The first-order chi connectivity index (χ1) is 11.2. The van der Waals surface area contributed by atoms with E-state index in [4.69, 9.17) is 5.11 Å². The first-order valence-corrected chi connectivity index (χ1v) is 6.84. The average Bonchev–Trinajstić information content (AvgIpc) is 2.47. The van der Waals surface area contributed by atoms with E-state index in [1.165, 1.54) is 24.3 Å². The summed E-state index contributed by atoms with van der Waals surface area (Å²) < 4.78 is 50.9. The molecule has 0 saturated carbocycles. The van der Waals surface area contributed by atoms with E-state index < -0.39 is 23.5 Å². The fraction of sp³-hybridized carbons (Fsp3) is 0.188. The third kappa shape index (κ3) is 4.15. The molecule has 0 radical (unpaired) electrons. The molecule has 0 aliphatic heterocycles. The summed E-state index contributed by atoms with van der Waals surface area (Å²) in [5, 5.41) is 21.1. The van der Waals surface area contributed by atoms with Gasteiger partial charge in [-0.2, -0.15) is 13.2 Å². The Morgan fingerprint density at radius 2 is 1.83 bits per heavy atom. The second-order valence-electron chi connectivity index (χ2n) is 5.03. The van der Waals surface area contributed by atoms with Crippen LogP contribution >= 0.6 is 0 Å². The second-order valence-corrected chi connectivity index (χ2v) is 5.03. The Hall–Kier alpha value is -2.77. The van der Waals surface area contributed by atoms with Gasteiger partial charge in [0, 0.05) is 12.2 Å². The Bertz CT molecular complexity index is 759. The summed E-state index contributed by atoms with van der Waals surface area (Å²) in [5.41, 5.74) is -0.813. The van der Waals surface area contributed by atoms with Crippen LogP contribution in [0.3, 0.4) is 0 Å². The predicted molar refractivity (Wildman–Crippen MR) is 78.7 cm³/mol. The molecule has 4 nitrogen and oxygen atoms in total. The quantitative estimate of drug-likeness (QED) is 0.569. The van der Waals surface area contributed by atoms with Crippen LogP contribution in [0, 0.1) is 5.82 Å². The Morgan fingerprint density at radius 1 is 1.12 bits per heavy atom. The zero-order chi connectivity index (χ0) is 17.9. The van der Waals surface area contributed by atoms with Gasteiger partial charge in [-0.05, 0) is 42.3 Å². The molecule has 0 atom stereocenters. The summed E-state index contributed by atoms with van der Waals surface area (Å²) in [6, 6.07) is 6.59. The number of carboxylic acids is 1. The minimum atomic E-state index is -4.74. The molecular weight excluding hydrogens is 330 g/mol. The number of rotatable bonds is 5. The number of hydrogen-bond acceptors (Lipinski definition) is 3. The van der Waals surface area contributed by atoms with Crippen LogP contribution < -0.4 is 5.32 Å². The van der Waals surface area contributed by atoms with Crippen molar-refractivity contribution in [1.82, 2.24) is 0 Å². The summed E-state index contributed by atoms with van der Waals surface area (Å²) in [5.74, 6) is -3.00. The number of aromatic hydroxyl groups is 1. The van der Waals surface area contributed by atoms with E-state index in [2.05, 4.69) is 5.32 Å². The molecule has 2 rings (SSSR count). The average molecular weight is 343 g/mol. The molecule has 0 spiro atoms. The molecule has 0 aliphatic carbocycles. The highest BCUT2D eigenvalue weighted by atomic mass is 19.4. The number of nitrogens with one attached hydrogen (secondary N) is 1. The SMILES string of the molecule is O=C(O)c1cc(NCCc2ccc(C(F)(F)F)c(F)c2)ccc1O. The van der Waals surface area contributed by atoms with Gasteiger partial charge in [0.05, 0.1) is 5.56 Å². The van der Waals surface area contributed by atoms with E-state index in [9.17, 15) is 27.5 Å². The monoisotopic (exact) mass is 343 g/mol. The fourth-order valence-electron chi connectivity index (χ4n) is 2.11. The van der Waals surface area contributed by atoms with E-state index in [0.717, 1.165) is 6.07 Å². The van der Waals surface area contributed by atoms with Gasteiger partial charge in [-0.3, -0.25) is 0 Å². The van der Waals surface area contributed by atoms with Crippen LogP contribution in [0.15, 0.2) is 36.4 Å². The number of aromatic carboxylic acids is 1. The lowest BCUT2D eigenvalue weighted by molar-refractivity contribution is -0.140. The third-order valence-electron chi connectivity index (χ3n) is 3.31. The van der Waals surface area contributed by atoms with Gasteiger partial charge in [0.25, 0.3) is 0 Å². The molecule has 0 aromatic heterocycles. The standard InChI is InChI=1S/C16H13F4NO3/c17-13-7-9(1-3-12(13)16(18,19)20)5-6-21-10-2-4-14(22)11(8-10)15(23)24/h1-4,7-8,21-22H,5-6H2,(H,23,24). The summed E-state index contributed by atoms with van der Waals surface area (Å²) in [6.45, 7) is 0.245. The van der Waals surface area contributed by atoms with E-state index in [1.54, 1.807) is 0 Å². The fourth-order valence-corrected chi connectivity index (χ4v) is 2.11. The van der Waals surface area contributed by atoms with Crippen LogP contribution in [-0.4, -0.2) is 22.7 Å². The molecule has 24 heavy (non-hydrogen) atoms. The first-order valence-electron chi connectivity index (χ1n) is 6.84. The smallest absolute Gasteiger partial charge is 0.419 e. The largest absolute Gasteiger partial charge is 0.507 e. The van der Waals surface area contributed by atoms with Crippen LogP contribution in [0.4, 0.5) is 23.2 Å².